The molecule has 4 heterocycles. The molecule has 0 radical (unpaired) electrons. The second kappa shape index (κ2) is 8.90. The fourth-order valence-corrected chi connectivity index (χ4v) is 4.48. The van der Waals surface area contributed by atoms with Gasteiger partial charge in [0.2, 0.25) is 5.95 Å². The molecule has 1 aromatic carbocycles. The standard InChI is InChI=1S/C26H32N8O/c1-16(2)33-24(35)21-15-30-25(31-19-7-6-17-8-10-28-14-18(17)12-19)32-23(21)34(33)20-9-11-29-22(13-20)26(3,4)27-5/h6-7,9,11-13,15-16,27-28H,8,10,14H2,1-5H3,(H,30,31,32). The molecule has 9 heteroatoms. The van der Waals surface area contributed by atoms with Crippen LogP contribution in [0.25, 0.3) is 16.7 Å². The second-order valence-electron chi connectivity index (χ2n) is 9.80. The molecule has 0 fully saturated rings. The summed E-state index contributed by atoms with van der Waals surface area (Å²) in [6.07, 6.45) is 4.42. The maximum Gasteiger partial charge on any atom is 0.278 e. The summed E-state index contributed by atoms with van der Waals surface area (Å²) in [7, 11) is 1.91. The average molecular weight is 473 g/mol. The predicted octanol–water partition coefficient (Wildman–Crippen LogP) is 3.40. The van der Waals surface area contributed by atoms with Crippen molar-refractivity contribution in [3.63, 3.8) is 0 Å². The van der Waals surface area contributed by atoms with Crippen LogP contribution >= 0.6 is 0 Å². The molecule has 0 saturated heterocycles. The summed E-state index contributed by atoms with van der Waals surface area (Å²) in [5.74, 6) is 0.445. The van der Waals surface area contributed by atoms with Crippen LogP contribution in [0.5, 0.6) is 0 Å². The lowest BCUT2D eigenvalue weighted by Crippen LogP contribution is -2.34. The van der Waals surface area contributed by atoms with Crippen molar-refractivity contribution in [3.8, 4) is 5.69 Å². The lowest BCUT2D eigenvalue weighted by atomic mass is 10.00. The minimum atomic E-state index is -0.328. The molecule has 5 rings (SSSR count). The fraction of sp³-hybridized carbons (Fsp3) is 0.385. The van der Waals surface area contributed by atoms with Crippen LogP contribution in [-0.2, 0) is 18.5 Å². The van der Waals surface area contributed by atoms with E-state index in [1.165, 1.54) is 11.1 Å². The van der Waals surface area contributed by atoms with Gasteiger partial charge < -0.3 is 16.0 Å². The molecule has 1 aliphatic rings. The Morgan fingerprint density at radius 3 is 2.71 bits per heavy atom. The summed E-state index contributed by atoms with van der Waals surface area (Å²) < 4.78 is 3.60. The second-order valence-corrected chi connectivity index (χ2v) is 9.80. The minimum absolute atomic E-state index is 0.0739. The first-order chi connectivity index (χ1) is 16.8. The van der Waals surface area contributed by atoms with Gasteiger partial charge in [-0.3, -0.25) is 9.78 Å². The van der Waals surface area contributed by atoms with Crippen LogP contribution < -0.4 is 21.5 Å². The number of nitrogens with zero attached hydrogens (tertiary/aromatic N) is 5. The molecule has 0 unspecified atom stereocenters. The molecule has 9 nitrogen and oxygen atoms in total. The molecule has 0 spiro atoms. The van der Waals surface area contributed by atoms with E-state index in [2.05, 4.69) is 58.0 Å². The van der Waals surface area contributed by atoms with Crippen LogP contribution in [-0.4, -0.2) is 37.9 Å². The van der Waals surface area contributed by atoms with Gasteiger partial charge in [-0.05, 0) is 83.1 Å². The molecular formula is C26H32N8O. The highest BCUT2D eigenvalue weighted by Crippen LogP contribution is 2.25. The van der Waals surface area contributed by atoms with Crippen molar-refractivity contribution in [1.29, 1.82) is 0 Å². The van der Waals surface area contributed by atoms with Crippen LogP contribution in [0.1, 0.15) is 50.6 Å². The molecule has 4 aromatic rings. The van der Waals surface area contributed by atoms with E-state index in [0.717, 1.165) is 36.6 Å². The van der Waals surface area contributed by atoms with E-state index >= 15 is 0 Å². The summed E-state index contributed by atoms with van der Waals surface area (Å²) in [4.78, 5) is 27.2. The molecule has 3 aromatic heterocycles. The van der Waals surface area contributed by atoms with Gasteiger partial charge in [0.15, 0.2) is 5.65 Å². The Bertz CT molecular complexity index is 1450. The van der Waals surface area contributed by atoms with Gasteiger partial charge in [-0.1, -0.05) is 6.07 Å². The molecular weight excluding hydrogens is 440 g/mol. The van der Waals surface area contributed by atoms with Gasteiger partial charge in [-0.15, -0.1) is 0 Å². The first kappa shape index (κ1) is 23.2. The van der Waals surface area contributed by atoms with Crippen molar-refractivity contribution in [2.45, 2.75) is 52.2 Å². The first-order valence-electron chi connectivity index (χ1n) is 12.0. The topological polar surface area (TPSA) is 102 Å². The van der Waals surface area contributed by atoms with Crippen molar-refractivity contribution in [2.24, 2.45) is 0 Å². The Morgan fingerprint density at radius 1 is 1.11 bits per heavy atom. The number of pyridine rings is 1. The monoisotopic (exact) mass is 472 g/mol. The van der Waals surface area contributed by atoms with E-state index in [1.807, 2.05) is 37.7 Å². The first-order valence-corrected chi connectivity index (χ1v) is 12.0. The maximum absolute atomic E-state index is 13.3. The molecule has 182 valence electrons. The minimum Gasteiger partial charge on any atom is -0.324 e. The van der Waals surface area contributed by atoms with Gasteiger partial charge >= 0.3 is 0 Å². The molecule has 3 N–H and O–H groups in total. The van der Waals surface area contributed by atoms with Crippen molar-refractivity contribution >= 4 is 22.7 Å². The summed E-state index contributed by atoms with van der Waals surface area (Å²) in [5.41, 5.74) is 5.37. The van der Waals surface area contributed by atoms with Crippen LogP contribution in [0.2, 0.25) is 0 Å². The number of anilines is 2. The summed E-state index contributed by atoms with van der Waals surface area (Å²) in [6.45, 7) is 9.98. The number of aromatic nitrogens is 5. The third-order valence-corrected chi connectivity index (χ3v) is 6.71. The maximum atomic E-state index is 13.3. The average Bonchev–Trinajstić information content (AvgIpc) is 3.16. The zero-order valence-corrected chi connectivity index (χ0v) is 20.9. The Balaban J connectivity index is 1.62. The molecule has 0 aliphatic carbocycles. The largest absolute Gasteiger partial charge is 0.324 e. The summed E-state index contributed by atoms with van der Waals surface area (Å²) in [6, 6.07) is 10.2. The number of rotatable bonds is 6. The van der Waals surface area contributed by atoms with Crippen LogP contribution in [0.4, 0.5) is 11.6 Å². The number of hydrogen-bond donors (Lipinski definition) is 3. The van der Waals surface area contributed by atoms with Crippen molar-refractivity contribution in [2.75, 3.05) is 18.9 Å². The highest BCUT2D eigenvalue weighted by molar-refractivity contribution is 5.77. The van der Waals surface area contributed by atoms with Crippen molar-refractivity contribution < 1.29 is 0 Å². The normalized spacial score (nSPS) is 13.9. The van der Waals surface area contributed by atoms with E-state index in [0.29, 0.717) is 17.0 Å². The van der Waals surface area contributed by atoms with Gasteiger partial charge in [-0.25, -0.2) is 14.3 Å². The smallest absolute Gasteiger partial charge is 0.278 e. The summed E-state index contributed by atoms with van der Waals surface area (Å²) >= 11 is 0. The highest BCUT2D eigenvalue weighted by atomic mass is 16.1. The molecule has 1 aliphatic heterocycles. The van der Waals surface area contributed by atoms with Gasteiger partial charge in [0.05, 0.1) is 16.9 Å². The Labute approximate surface area is 204 Å². The SMILES string of the molecule is CNC(C)(C)c1cc(-n2c3nc(Nc4ccc5c(c4)CNCC5)ncc3c(=O)n2C(C)C)ccn1. The van der Waals surface area contributed by atoms with Gasteiger partial charge in [-0.2, -0.15) is 4.98 Å². The zero-order valence-electron chi connectivity index (χ0n) is 20.9. The third-order valence-electron chi connectivity index (χ3n) is 6.71. The van der Waals surface area contributed by atoms with E-state index in [1.54, 1.807) is 17.1 Å². The molecule has 35 heavy (non-hydrogen) atoms. The number of fused-ring (bicyclic) bond motifs is 2. The number of hydrogen-bond acceptors (Lipinski definition) is 7. The molecule has 0 atom stereocenters. The van der Waals surface area contributed by atoms with Crippen LogP contribution in [0.3, 0.4) is 0 Å². The molecule has 0 bridgehead atoms. The molecule has 0 amide bonds. The summed E-state index contributed by atoms with van der Waals surface area (Å²) in [5, 5.41) is 10.5. The number of nitrogens with one attached hydrogen (secondary N) is 3. The van der Waals surface area contributed by atoms with Gasteiger partial charge in [0, 0.05) is 30.7 Å². The Morgan fingerprint density at radius 2 is 1.94 bits per heavy atom. The van der Waals surface area contributed by atoms with Gasteiger partial charge in [0.25, 0.3) is 5.56 Å². The Kier molecular flexibility index (Phi) is 5.90. The van der Waals surface area contributed by atoms with Crippen molar-refractivity contribution in [3.05, 3.63) is 69.9 Å². The van der Waals surface area contributed by atoms with E-state index in [-0.39, 0.29) is 17.1 Å². The van der Waals surface area contributed by atoms with E-state index < -0.39 is 0 Å². The highest BCUT2D eigenvalue weighted by Gasteiger charge is 2.23. The van der Waals surface area contributed by atoms with E-state index in [4.69, 9.17) is 4.98 Å². The van der Waals surface area contributed by atoms with E-state index in [9.17, 15) is 4.79 Å². The third kappa shape index (κ3) is 4.21. The zero-order chi connectivity index (χ0) is 24.7. The lowest BCUT2D eigenvalue weighted by molar-refractivity contribution is 0.429. The van der Waals surface area contributed by atoms with Gasteiger partial charge in [0.1, 0.15) is 5.39 Å². The molecule has 0 saturated carbocycles. The van der Waals surface area contributed by atoms with Crippen LogP contribution in [0, 0.1) is 0 Å². The van der Waals surface area contributed by atoms with Crippen LogP contribution in [0.15, 0.2) is 47.5 Å². The number of benzene rings is 1. The lowest BCUT2D eigenvalue weighted by Gasteiger charge is -2.24. The quantitative estimate of drug-likeness (QED) is 0.395. The Hall–Kier alpha value is -3.56. The van der Waals surface area contributed by atoms with Crippen molar-refractivity contribution in [1.82, 2.24) is 34.9 Å². The predicted molar refractivity (Wildman–Crippen MR) is 139 cm³/mol. The fourth-order valence-electron chi connectivity index (χ4n) is 4.48.